The van der Waals surface area contributed by atoms with Gasteiger partial charge in [0.05, 0.1) is 6.04 Å². The predicted molar refractivity (Wildman–Crippen MR) is 172 cm³/mol. The second-order valence-electron chi connectivity index (χ2n) is 12.8. The van der Waals surface area contributed by atoms with Gasteiger partial charge in [-0.3, -0.25) is 19.2 Å². The summed E-state index contributed by atoms with van der Waals surface area (Å²) in [5.41, 5.74) is 7.41. The molecule has 5 atom stereocenters. The van der Waals surface area contributed by atoms with Crippen molar-refractivity contribution in [1.82, 2.24) is 20.4 Å². The first kappa shape index (κ1) is 35.2. The Kier molecular flexibility index (Phi) is 11.8. The fraction of sp³-hybridized carbons (Fsp3) is 0.500. The fourth-order valence-electron chi connectivity index (χ4n) is 6.30. The largest absolute Gasteiger partial charge is 0.508 e. The van der Waals surface area contributed by atoms with Crippen LogP contribution in [-0.4, -0.2) is 98.0 Å². The molecular weight excluding hydrogens is 606 g/mol. The summed E-state index contributed by atoms with van der Waals surface area (Å²) in [5.74, 6) is -2.93. The standard InChI is InChI=1S/C34H45N5O8/c1-20(2)17-25(35)32(44)38-15-3-5-28(38)30(42)36-26(18-21-7-11-23(40)12-8-21)33(45)39-16-4-6-29(39)31(43)37-27(34(46)47)19-22-9-13-24(41)14-10-22/h7-14,20,25-29,40-41H,3-6,15-19,35H2,1-2H3,(H,36,42)(H,37,43)(H,46,47)/t25-,26-,27-,28-,29-/m0/s1. The van der Waals surface area contributed by atoms with Gasteiger partial charge in [-0.25, -0.2) is 4.79 Å². The topological polar surface area (TPSA) is 203 Å². The van der Waals surface area contributed by atoms with Crippen molar-refractivity contribution in [3.05, 3.63) is 59.7 Å². The Morgan fingerprint density at radius 3 is 1.62 bits per heavy atom. The number of carboxylic acid groups (broad SMARTS) is 1. The number of aliphatic carboxylic acids is 1. The average Bonchev–Trinajstić information content (AvgIpc) is 3.72. The Morgan fingerprint density at radius 2 is 1.17 bits per heavy atom. The van der Waals surface area contributed by atoms with Crippen molar-refractivity contribution >= 4 is 29.6 Å². The minimum atomic E-state index is -1.27. The molecule has 0 saturated carbocycles. The van der Waals surface area contributed by atoms with Gasteiger partial charge in [0.2, 0.25) is 23.6 Å². The number of hydrogen-bond acceptors (Lipinski definition) is 8. The predicted octanol–water partition coefficient (Wildman–Crippen LogP) is 1.29. The quantitative estimate of drug-likeness (QED) is 0.185. The van der Waals surface area contributed by atoms with Crippen LogP contribution in [0.3, 0.4) is 0 Å². The molecule has 4 amide bonds. The highest BCUT2D eigenvalue weighted by Gasteiger charge is 2.41. The van der Waals surface area contributed by atoms with E-state index in [1.807, 2.05) is 13.8 Å². The Balaban J connectivity index is 1.51. The lowest BCUT2D eigenvalue weighted by Gasteiger charge is -2.32. The van der Waals surface area contributed by atoms with Gasteiger partial charge in [-0.2, -0.15) is 0 Å². The van der Waals surface area contributed by atoms with E-state index in [-0.39, 0.29) is 42.7 Å². The molecular formula is C34H45N5O8. The molecule has 0 spiro atoms. The van der Waals surface area contributed by atoms with Crippen molar-refractivity contribution in [2.24, 2.45) is 11.7 Å². The van der Waals surface area contributed by atoms with Gasteiger partial charge in [0, 0.05) is 25.9 Å². The molecule has 2 fully saturated rings. The van der Waals surface area contributed by atoms with Gasteiger partial charge in [-0.05, 0) is 73.4 Å². The van der Waals surface area contributed by atoms with Crippen molar-refractivity contribution in [3.8, 4) is 11.5 Å². The molecule has 0 aromatic heterocycles. The van der Waals surface area contributed by atoms with E-state index in [1.54, 1.807) is 24.3 Å². The molecule has 2 aliphatic rings. The van der Waals surface area contributed by atoms with Gasteiger partial charge < -0.3 is 41.5 Å². The summed E-state index contributed by atoms with van der Waals surface area (Å²) in [4.78, 5) is 69.3. The minimum absolute atomic E-state index is 0.0284. The van der Waals surface area contributed by atoms with Gasteiger partial charge in [0.1, 0.15) is 35.7 Å². The molecule has 13 nitrogen and oxygen atoms in total. The van der Waals surface area contributed by atoms with Crippen molar-refractivity contribution in [3.63, 3.8) is 0 Å². The molecule has 0 unspecified atom stereocenters. The van der Waals surface area contributed by atoms with Crippen LogP contribution < -0.4 is 16.4 Å². The van der Waals surface area contributed by atoms with Crippen LogP contribution in [0, 0.1) is 5.92 Å². The lowest BCUT2D eigenvalue weighted by molar-refractivity contribution is -0.145. The van der Waals surface area contributed by atoms with Crippen molar-refractivity contribution < 1.29 is 39.3 Å². The highest BCUT2D eigenvalue weighted by molar-refractivity contribution is 5.96. The molecule has 2 aliphatic heterocycles. The molecule has 0 bridgehead atoms. The molecule has 47 heavy (non-hydrogen) atoms. The Morgan fingerprint density at radius 1 is 0.745 bits per heavy atom. The van der Waals surface area contributed by atoms with Gasteiger partial charge in [0.15, 0.2) is 0 Å². The smallest absolute Gasteiger partial charge is 0.326 e. The summed E-state index contributed by atoms with van der Waals surface area (Å²) < 4.78 is 0. The highest BCUT2D eigenvalue weighted by Crippen LogP contribution is 2.23. The Labute approximate surface area is 274 Å². The van der Waals surface area contributed by atoms with Crippen LogP contribution in [0.2, 0.25) is 0 Å². The number of carbonyl (C=O) groups excluding carboxylic acids is 4. The molecule has 0 radical (unpaired) electrons. The van der Waals surface area contributed by atoms with E-state index in [1.165, 1.54) is 34.1 Å². The van der Waals surface area contributed by atoms with Crippen LogP contribution in [-0.2, 0) is 36.8 Å². The number of carboxylic acids is 1. The van der Waals surface area contributed by atoms with E-state index in [2.05, 4.69) is 10.6 Å². The van der Waals surface area contributed by atoms with E-state index in [9.17, 15) is 39.3 Å². The van der Waals surface area contributed by atoms with Crippen LogP contribution in [0.15, 0.2) is 48.5 Å². The number of benzene rings is 2. The van der Waals surface area contributed by atoms with E-state index in [0.29, 0.717) is 49.8 Å². The van der Waals surface area contributed by atoms with Crippen LogP contribution in [0.1, 0.15) is 57.1 Å². The monoisotopic (exact) mass is 651 g/mol. The zero-order valence-corrected chi connectivity index (χ0v) is 26.8. The molecule has 0 aliphatic carbocycles. The molecule has 2 heterocycles. The molecule has 7 N–H and O–H groups in total. The molecule has 2 saturated heterocycles. The zero-order chi connectivity index (χ0) is 34.2. The SMILES string of the molecule is CC(C)C[C@H](N)C(=O)N1CCC[C@H]1C(=O)N[C@@H](Cc1ccc(O)cc1)C(=O)N1CCC[C@H]1C(=O)N[C@@H](Cc1ccc(O)cc1)C(=O)O. The third kappa shape index (κ3) is 9.22. The number of rotatable bonds is 13. The number of amides is 4. The first-order valence-corrected chi connectivity index (χ1v) is 16.1. The second kappa shape index (κ2) is 15.8. The Bertz CT molecular complexity index is 1430. The van der Waals surface area contributed by atoms with E-state index in [4.69, 9.17) is 5.73 Å². The third-order valence-electron chi connectivity index (χ3n) is 8.70. The number of nitrogens with two attached hydrogens (primary N) is 1. The maximum Gasteiger partial charge on any atom is 0.326 e. The highest BCUT2D eigenvalue weighted by atomic mass is 16.4. The normalized spacial score (nSPS) is 19.7. The van der Waals surface area contributed by atoms with Gasteiger partial charge >= 0.3 is 5.97 Å². The van der Waals surface area contributed by atoms with E-state index in [0.717, 1.165) is 0 Å². The number of nitrogens with zero attached hydrogens (tertiary/aromatic N) is 2. The third-order valence-corrected chi connectivity index (χ3v) is 8.70. The number of phenols is 2. The molecule has 4 rings (SSSR count). The summed E-state index contributed by atoms with van der Waals surface area (Å²) in [6.45, 7) is 4.53. The molecule has 2 aromatic rings. The lowest BCUT2D eigenvalue weighted by atomic mass is 10.0. The maximum atomic E-state index is 14.1. The van der Waals surface area contributed by atoms with E-state index >= 15 is 0 Å². The summed E-state index contributed by atoms with van der Waals surface area (Å²) in [7, 11) is 0. The van der Waals surface area contributed by atoms with Crippen molar-refractivity contribution in [1.29, 1.82) is 0 Å². The maximum absolute atomic E-state index is 14.1. The number of phenolic OH excluding ortho intramolecular Hbond substituents is 2. The Hall–Kier alpha value is -4.65. The number of hydrogen-bond donors (Lipinski definition) is 6. The van der Waals surface area contributed by atoms with Crippen molar-refractivity contribution in [2.45, 2.75) is 89.0 Å². The molecule has 13 heteroatoms. The first-order valence-electron chi connectivity index (χ1n) is 16.1. The number of aromatic hydroxyl groups is 2. The molecule has 254 valence electrons. The average molecular weight is 652 g/mol. The van der Waals surface area contributed by atoms with E-state index < -0.39 is 53.9 Å². The number of nitrogens with one attached hydrogen (secondary N) is 2. The van der Waals surface area contributed by atoms with Gasteiger partial charge in [0.25, 0.3) is 0 Å². The van der Waals surface area contributed by atoms with Crippen LogP contribution >= 0.6 is 0 Å². The number of carbonyl (C=O) groups is 5. The van der Waals surface area contributed by atoms with Crippen molar-refractivity contribution in [2.75, 3.05) is 13.1 Å². The van der Waals surface area contributed by atoms with Crippen LogP contribution in [0.25, 0.3) is 0 Å². The van der Waals surface area contributed by atoms with Gasteiger partial charge in [-0.15, -0.1) is 0 Å². The van der Waals surface area contributed by atoms with Gasteiger partial charge in [-0.1, -0.05) is 38.1 Å². The molecule has 2 aromatic carbocycles. The number of likely N-dealkylation sites (tertiary alicyclic amines) is 2. The summed E-state index contributed by atoms with van der Waals surface area (Å²) in [5, 5.41) is 34.5. The first-order chi connectivity index (χ1) is 22.3. The van der Waals surface area contributed by atoms with Crippen LogP contribution in [0.5, 0.6) is 11.5 Å². The fourth-order valence-corrected chi connectivity index (χ4v) is 6.30. The van der Waals surface area contributed by atoms with Crippen LogP contribution in [0.4, 0.5) is 0 Å². The zero-order valence-electron chi connectivity index (χ0n) is 26.8. The summed E-state index contributed by atoms with van der Waals surface area (Å²) >= 11 is 0. The summed E-state index contributed by atoms with van der Waals surface area (Å²) in [6, 6.07) is 7.31. The second-order valence-corrected chi connectivity index (χ2v) is 12.8. The minimum Gasteiger partial charge on any atom is -0.508 e. The summed E-state index contributed by atoms with van der Waals surface area (Å²) in [6.07, 6.45) is 2.33. The lowest BCUT2D eigenvalue weighted by Crippen LogP contribution is -2.58.